The lowest BCUT2D eigenvalue weighted by Crippen LogP contribution is -2.21. The summed E-state index contributed by atoms with van der Waals surface area (Å²) in [5.41, 5.74) is 2.93. The molecule has 0 bridgehead atoms. The van der Waals surface area contributed by atoms with E-state index >= 15 is 0 Å². The summed E-state index contributed by atoms with van der Waals surface area (Å²) in [4.78, 5) is 24.2. The fourth-order valence-corrected chi connectivity index (χ4v) is 1.94. The van der Waals surface area contributed by atoms with E-state index in [4.69, 9.17) is 4.74 Å². The number of ether oxygens (including phenoxy) is 1. The molecule has 1 aliphatic rings. The molecule has 1 aromatic rings. The average Bonchev–Trinajstić information content (AvgIpc) is 2.28. The second-order valence-corrected chi connectivity index (χ2v) is 4.85. The van der Waals surface area contributed by atoms with Crippen LogP contribution >= 0.6 is 0 Å². The van der Waals surface area contributed by atoms with Gasteiger partial charge in [0.25, 0.3) is 0 Å². The molecule has 1 aliphatic carbocycles. The van der Waals surface area contributed by atoms with E-state index < -0.39 is 0 Å². The van der Waals surface area contributed by atoms with Gasteiger partial charge in [-0.1, -0.05) is 0 Å². The minimum Gasteiger partial charge on any atom is -0.487 e. The maximum atomic E-state index is 12.2. The van der Waals surface area contributed by atoms with Gasteiger partial charge >= 0.3 is 0 Å². The topological polar surface area (TPSA) is 43.4 Å². The predicted molar refractivity (Wildman–Crippen MR) is 68.9 cm³/mol. The van der Waals surface area contributed by atoms with Crippen LogP contribution in [0.25, 0.3) is 0 Å². The van der Waals surface area contributed by atoms with Crippen molar-refractivity contribution in [2.45, 2.75) is 33.8 Å². The van der Waals surface area contributed by atoms with Crippen LogP contribution in [-0.4, -0.2) is 17.7 Å². The highest BCUT2D eigenvalue weighted by Crippen LogP contribution is 2.25. The first-order valence-electron chi connectivity index (χ1n) is 5.98. The van der Waals surface area contributed by atoms with E-state index in [0.717, 1.165) is 11.1 Å². The Morgan fingerprint density at radius 2 is 1.56 bits per heavy atom. The van der Waals surface area contributed by atoms with Gasteiger partial charge in [0.1, 0.15) is 0 Å². The number of allylic oxidation sites excluding steroid dienone is 2. The molecular weight excluding hydrogens is 228 g/mol. The van der Waals surface area contributed by atoms with Gasteiger partial charge in [-0.15, -0.1) is 0 Å². The molecule has 3 nitrogen and oxygen atoms in total. The smallest absolute Gasteiger partial charge is 0.228 e. The van der Waals surface area contributed by atoms with E-state index in [2.05, 4.69) is 0 Å². The number of rotatable bonds is 2. The zero-order chi connectivity index (χ0) is 13.4. The first kappa shape index (κ1) is 12.6. The minimum absolute atomic E-state index is 0.124. The fraction of sp³-hybridized carbons (Fsp3) is 0.333. The Morgan fingerprint density at radius 1 is 1.00 bits per heavy atom. The molecule has 0 heterocycles. The first-order chi connectivity index (χ1) is 8.40. The van der Waals surface area contributed by atoms with E-state index in [1.807, 2.05) is 27.7 Å². The summed E-state index contributed by atoms with van der Waals surface area (Å²) in [6.07, 6.45) is 1.17. The van der Waals surface area contributed by atoms with Crippen LogP contribution in [0, 0.1) is 13.8 Å². The van der Waals surface area contributed by atoms with Crippen molar-refractivity contribution in [2.75, 3.05) is 0 Å². The van der Waals surface area contributed by atoms with Crippen molar-refractivity contribution in [2.24, 2.45) is 0 Å². The number of hydrogen-bond acceptors (Lipinski definition) is 3. The summed E-state index contributed by atoms with van der Waals surface area (Å²) in [6.45, 7) is 7.51. The summed E-state index contributed by atoms with van der Waals surface area (Å²) in [7, 11) is 0. The highest BCUT2D eigenvalue weighted by atomic mass is 16.5. The highest BCUT2D eigenvalue weighted by Gasteiger charge is 2.27. The standard InChI is InChI=1S/C15H16O3/c1-8(2)18-14-7-13(16)11-5-9(3)10(4)6-12(11)15(14)17/h5-8H,1-4H3. The maximum absolute atomic E-state index is 12.2. The second kappa shape index (κ2) is 4.41. The highest BCUT2D eigenvalue weighted by molar-refractivity contribution is 6.23. The molecule has 0 aromatic heterocycles. The summed E-state index contributed by atoms with van der Waals surface area (Å²) in [5, 5.41) is 0. The molecule has 3 heteroatoms. The molecular formula is C15H16O3. The molecule has 0 aliphatic heterocycles. The van der Waals surface area contributed by atoms with E-state index in [-0.39, 0.29) is 23.4 Å². The SMILES string of the molecule is Cc1cc2c(cc1C)C(=O)C(OC(C)C)=CC2=O. The Morgan fingerprint density at radius 3 is 2.11 bits per heavy atom. The van der Waals surface area contributed by atoms with Gasteiger partial charge in [0.2, 0.25) is 5.78 Å². The van der Waals surface area contributed by atoms with E-state index in [9.17, 15) is 9.59 Å². The van der Waals surface area contributed by atoms with E-state index in [1.165, 1.54) is 6.08 Å². The van der Waals surface area contributed by atoms with Crippen LogP contribution in [0.15, 0.2) is 24.0 Å². The van der Waals surface area contributed by atoms with E-state index in [1.54, 1.807) is 12.1 Å². The molecule has 18 heavy (non-hydrogen) atoms. The van der Waals surface area contributed by atoms with Crippen molar-refractivity contribution in [3.63, 3.8) is 0 Å². The number of fused-ring (bicyclic) bond motifs is 1. The molecule has 0 atom stereocenters. The van der Waals surface area contributed by atoms with Gasteiger partial charge in [0.05, 0.1) is 6.10 Å². The summed E-state index contributed by atoms with van der Waals surface area (Å²) in [6, 6.07) is 3.54. The number of hydrogen-bond donors (Lipinski definition) is 0. The third kappa shape index (κ3) is 2.08. The van der Waals surface area contributed by atoms with Crippen molar-refractivity contribution in [3.05, 3.63) is 46.2 Å². The Balaban J connectivity index is 2.51. The van der Waals surface area contributed by atoms with Gasteiger partial charge in [-0.25, -0.2) is 0 Å². The molecule has 0 N–H and O–H groups in total. The lowest BCUT2D eigenvalue weighted by Gasteiger charge is -2.19. The van der Waals surface area contributed by atoms with Gasteiger partial charge in [-0.2, -0.15) is 0 Å². The zero-order valence-electron chi connectivity index (χ0n) is 11.0. The Hall–Kier alpha value is -1.90. The van der Waals surface area contributed by atoms with E-state index in [0.29, 0.717) is 11.1 Å². The largest absolute Gasteiger partial charge is 0.487 e. The summed E-state index contributed by atoms with van der Waals surface area (Å²) in [5.74, 6) is -0.226. The molecule has 0 unspecified atom stereocenters. The Labute approximate surface area is 106 Å². The van der Waals surface area contributed by atoms with Crippen LogP contribution in [0.4, 0.5) is 0 Å². The number of aryl methyl sites for hydroxylation is 2. The number of carbonyl (C=O) groups is 2. The lowest BCUT2D eigenvalue weighted by atomic mass is 9.90. The molecule has 94 valence electrons. The zero-order valence-corrected chi connectivity index (χ0v) is 11.0. The van der Waals surface area contributed by atoms with Crippen LogP contribution < -0.4 is 0 Å². The number of ketones is 2. The third-order valence-corrected chi connectivity index (χ3v) is 2.99. The van der Waals surface area contributed by atoms with Crippen LogP contribution in [0.3, 0.4) is 0 Å². The van der Waals surface area contributed by atoms with Crippen LogP contribution in [-0.2, 0) is 4.74 Å². The van der Waals surface area contributed by atoms with Crippen molar-refractivity contribution < 1.29 is 14.3 Å². The first-order valence-corrected chi connectivity index (χ1v) is 5.98. The van der Waals surface area contributed by atoms with Crippen LogP contribution in [0.1, 0.15) is 45.7 Å². The molecule has 0 spiro atoms. The quantitative estimate of drug-likeness (QED) is 0.803. The monoisotopic (exact) mass is 244 g/mol. The average molecular weight is 244 g/mol. The molecule has 0 amide bonds. The number of carbonyl (C=O) groups excluding carboxylic acids is 2. The van der Waals surface area contributed by atoms with Crippen LogP contribution in [0.5, 0.6) is 0 Å². The lowest BCUT2D eigenvalue weighted by molar-refractivity contribution is 0.0811. The normalized spacial score (nSPS) is 14.6. The molecule has 1 aromatic carbocycles. The molecule has 2 rings (SSSR count). The van der Waals surface area contributed by atoms with Crippen LogP contribution in [0.2, 0.25) is 0 Å². The third-order valence-electron chi connectivity index (χ3n) is 2.99. The van der Waals surface area contributed by atoms with Gasteiger partial charge in [0, 0.05) is 17.2 Å². The Bertz CT molecular complexity index is 565. The van der Waals surface area contributed by atoms with Gasteiger partial charge in [-0.3, -0.25) is 9.59 Å². The summed E-state index contributed by atoms with van der Waals surface area (Å²) < 4.78 is 5.39. The van der Waals surface area contributed by atoms with Crippen molar-refractivity contribution in [1.29, 1.82) is 0 Å². The second-order valence-electron chi connectivity index (χ2n) is 4.85. The van der Waals surface area contributed by atoms with Gasteiger partial charge in [-0.05, 0) is 51.0 Å². The predicted octanol–water partition coefficient (Wildman–Crippen LogP) is 2.99. The number of benzene rings is 1. The Kier molecular flexibility index (Phi) is 3.07. The maximum Gasteiger partial charge on any atom is 0.228 e. The van der Waals surface area contributed by atoms with Crippen molar-refractivity contribution in [1.82, 2.24) is 0 Å². The molecule has 0 radical (unpaired) electrons. The molecule has 0 fully saturated rings. The van der Waals surface area contributed by atoms with Gasteiger partial charge < -0.3 is 4.74 Å². The minimum atomic E-state index is -0.207. The van der Waals surface area contributed by atoms with Crippen molar-refractivity contribution in [3.8, 4) is 0 Å². The fourth-order valence-electron chi connectivity index (χ4n) is 1.94. The summed E-state index contributed by atoms with van der Waals surface area (Å²) >= 11 is 0. The van der Waals surface area contributed by atoms with Gasteiger partial charge in [0.15, 0.2) is 11.5 Å². The molecule has 0 saturated carbocycles. The number of Topliss-reactive ketones (excluding diaryl/α,β-unsaturated/α-hetero) is 1. The molecule has 0 saturated heterocycles. The van der Waals surface area contributed by atoms with Crippen molar-refractivity contribution >= 4 is 11.6 Å².